The van der Waals surface area contributed by atoms with E-state index >= 15 is 0 Å². The number of rotatable bonds is 5. The van der Waals surface area contributed by atoms with Crippen LogP contribution in [0.2, 0.25) is 5.02 Å². The quantitative estimate of drug-likeness (QED) is 0.734. The highest BCUT2D eigenvalue weighted by Crippen LogP contribution is 2.38. The molecule has 1 amide bonds. The molecule has 1 atom stereocenters. The fraction of sp³-hybridized carbons (Fsp3) is 0.278. The van der Waals surface area contributed by atoms with Gasteiger partial charge in [-0.2, -0.15) is 4.98 Å². The van der Waals surface area contributed by atoms with Gasteiger partial charge in [-0.3, -0.25) is 4.79 Å². The summed E-state index contributed by atoms with van der Waals surface area (Å²) in [5, 5.41) is 7.33. The largest absolute Gasteiger partial charge is 0.451 e. The lowest BCUT2D eigenvalue weighted by Crippen LogP contribution is -2.26. The lowest BCUT2D eigenvalue weighted by atomic mass is 10.2. The molecule has 1 fully saturated rings. The van der Waals surface area contributed by atoms with E-state index in [0.717, 1.165) is 24.2 Å². The Balaban J connectivity index is 1.46. The first kappa shape index (κ1) is 15.9. The number of carbonyl (C=O) groups is 1. The smallest absolute Gasteiger partial charge is 0.287 e. The summed E-state index contributed by atoms with van der Waals surface area (Å²) in [4.78, 5) is 16.7. The Morgan fingerprint density at radius 2 is 2.08 bits per heavy atom. The third-order valence-electron chi connectivity index (χ3n) is 4.09. The Morgan fingerprint density at radius 1 is 1.28 bits per heavy atom. The zero-order valence-corrected chi connectivity index (χ0v) is 14.3. The number of halogens is 1. The molecule has 1 N–H and O–H groups in total. The van der Waals surface area contributed by atoms with E-state index in [2.05, 4.69) is 15.5 Å². The lowest BCUT2D eigenvalue weighted by Gasteiger charge is -2.07. The number of nitrogens with zero attached hydrogens (tertiary/aromatic N) is 2. The number of amides is 1. The van der Waals surface area contributed by atoms with Crippen molar-refractivity contribution in [2.45, 2.75) is 31.7 Å². The zero-order chi connectivity index (χ0) is 17.4. The number of nitrogens with one attached hydrogen (secondary N) is 1. The van der Waals surface area contributed by atoms with Crippen LogP contribution in [0, 0.1) is 0 Å². The van der Waals surface area contributed by atoms with E-state index in [9.17, 15) is 4.79 Å². The van der Waals surface area contributed by atoms with Crippen LogP contribution >= 0.6 is 11.6 Å². The van der Waals surface area contributed by atoms with Crippen molar-refractivity contribution in [3.63, 3.8) is 0 Å². The van der Waals surface area contributed by atoms with Gasteiger partial charge < -0.3 is 14.3 Å². The Hall–Kier alpha value is -2.60. The number of hydrogen-bond donors (Lipinski definition) is 1. The number of hydrogen-bond acceptors (Lipinski definition) is 5. The molecule has 2 heterocycles. The first-order valence-corrected chi connectivity index (χ1v) is 8.48. The molecular weight excluding hydrogens is 342 g/mol. The van der Waals surface area contributed by atoms with Gasteiger partial charge in [0.25, 0.3) is 5.91 Å². The van der Waals surface area contributed by atoms with Crippen molar-refractivity contribution in [2.75, 3.05) is 0 Å². The maximum atomic E-state index is 12.4. The molecule has 0 radical (unpaired) electrons. The molecule has 3 aromatic rings. The Kier molecular flexibility index (Phi) is 4.05. The van der Waals surface area contributed by atoms with Crippen molar-refractivity contribution in [3.8, 4) is 11.3 Å². The Labute approximate surface area is 149 Å². The van der Waals surface area contributed by atoms with E-state index in [1.807, 2.05) is 18.2 Å². The van der Waals surface area contributed by atoms with Gasteiger partial charge in [0, 0.05) is 11.5 Å². The van der Waals surface area contributed by atoms with Gasteiger partial charge in [0.15, 0.2) is 11.6 Å². The van der Waals surface area contributed by atoms with Gasteiger partial charge in [-0.15, -0.1) is 0 Å². The number of furan rings is 1. The molecule has 25 heavy (non-hydrogen) atoms. The highest BCUT2D eigenvalue weighted by Gasteiger charge is 2.30. The van der Waals surface area contributed by atoms with Crippen LogP contribution < -0.4 is 5.32 Å². The molecule has 7 heteroatoms. The zero-order valence-electron chi connectivity index (χ0n) is 13.5. The molecule has 0 saturated heterocycles. The van der Waals surface area contributed by atoms with Gasteiger partial charge in [-0.25, -0.2) is 0 Å². The Morgan fingerprint density at radius 3 is 2.84 bits per heavy atom. The monoisotopic (exact) mass is 357 g/mol. The fourth-order valence-corrected chi connectivity index (χ4v) is 2.75. The van der Waals surface area contributed by atoms with Crippen LogP contribution in [0.1, 0.15) is 54.0 Å². The molecule has 1 aliphatic rings. The summed E-state index contributed by atoms with van der Waals surface area (Å²) in [5.74, 6) is 1.91. The van der Waals surface area contributed by atoms with Crippen molar-refractivity contribution in [1.29, 1.82) is 0 Å². The SMILES string of the molecule is C[C@H](NC(=O)c1ccc(-c2ccccc2Cl)o1)c1nc(C2CC2)no1. The summed E-state index contributed by atoms with van der Waals surface area (Å²) in [7, 11) is 0. The number of benzene rings is 1. The number of aromatic nitrogens is 2. The van der Waals surface area contributed by atoms with Crippen LogP contribution in [0.4, 0.5) is 0 Å². The van der Waals surface area contributed by atoms with E-state index in [1.165, 1.54) is 0 Å². The fourth-order valence-electron chi connectivity index (χ4n) is 2.53. The third kappa shape index (κ3) is 3.30. The van der Waals surface area contributed by atoms with Crippen LogP contribution in [0.15, 0.2) is 45.3 Å². The van der Waals surface area contributed by atoms with Gasteiger partial charge in [0.2, 0.25) is 5.89 Å². The lowest BCUT2D eigenvalue weighted by molar-refractivity contribution is 0.0905. The summed E-state index contributed by atoms with van der Waals surface area (Å²) in [6.07, 6.45) is 2.19. The van der Waals surface area contributed by atoms with Crippen molar-refractivity contribution < 1.29 is 13.7 Å². The molecule has 4 rings (SSSR count). The molecule has 0 aliphatic heterocycles. The minimum atomic E-state index is -0.402. The molecule has 2 aromatic heterocycles. The van der Waals surface area contributed by atoms with Crippen molar-refractivity contribution in [1.82, 2.24) is 15.5 Å². The van der Waals surface area contributed by atoms with E-state index in [1.54, 1.807) is 25.1 Å². The van der Waals surface area contributed by atoms with Crippen LogP contribution in [0.5, 0.6) is 0 Å². The molecule has 128 valence electrons. The predicted octanol–water partition coefficient (Wildman–Crippen LogP) is 4.35. The molecular formula is C18H16ClN3O3. The normalized spacial score (nSPS) is 15.1. The van der Waals surface area contributed by atoms with Gasteiger partial charge in [0.05, 0.1) is 5.02 Å². The second kappa shape index (κ2) is 6.37. The second-order valence-corrected chi connectivity index (χ2v) is 6.51. The van der Waals surface area contributed by atoms with Crippen LogP contribution in [-0.2, 0) is 0 Å². The predicted molar refractivity (Wildman–Crippen MR) is 91.3 cm³/mol. The highest BCUT2D eigenvalue weighted by atomic mass is 35.5. The maximum absolute atomic E-state index is 12.4. The first-order valence-electron chi connectivity index (χ1n) is 8.11. The van der Waals surface area contributed by atoms with Crippen molar-refractivity contribution in [3.05, 3.63) is 58.9 Å². The van der Waals surface area contributed by atoms with Crippen LogP contribution in [-0.4, -0.2) is 16.0 Å². The minimum Gasteiger partial charge on any atom is -0.451 e. The van der Waals surface area contributed by atoms with Crippen molar-refractivity contribution >= 4 is 17.5 Å². The van der Waals surface area contributed by atoms with E-state index in [4.69, 9.17) is 20.5 Å². The maximum Gasteiger partial charge on any atom is 0.287 e. The summed E-state index contributed by atoms with van der Waals surface area (Å²) >= 11 is 6.16. The third-order valence-corrected chi connectivity index (χ3v) is 4.42. The molecule has 0 bridgehead atoms. The van der Waals surface area contributed by atoms with Crippen LogP contribution in [0.25, 0.3) is 11.3 Å². The van der Waals surface area contributed by atoms with Crippen LogP contribution in [0.3, 0.4) is 0 Å². The number of carbonyl (C=O) groups excluding carboxylic acids is 1. The average Bonchev–Trinajstić information content (AvgIpc) is 3.13. The second-order valence-electron chi connectivity index (χ2n) is 6.10. The molecule has 1 aromatic carbocycles. The topological polar surface area (TPSA) is 81.2 Å². The summed E-state index contributed by atoms with van der Waals surface area (Å²) < 4.78 is 10.9. The molecule has 1 saturated carbocycles. The highest BCUT2D eigenvalue weighted by molar-refractivity contribution is 6.33. The van der Waals surface area contributed by atoms with E-state index in [0.29, 0.717) is 22.6 Å². The average molecular weight is 358 g/mol. The van der Waals surface area contributed by atoms with Gasteiger partial charge in [-0.1, -0.05) is 28.9 Å². The molecule has 6 nitrogen and oxygen atoms in total. The van der Waals surface area contributed by atoms with Crippen molar-refractivity contribution in [2.24, 2.45) is 0 Å². The van der Waals surface area contributed by atoms with Gasteiger partial charge >= 0.3 is 0 Å². The summed E-state index contributed by atoms with van der Waals surface area (Å²) in [6.45, 7) is 1.79. The molecule has 0 unspecified atom stereocenters. The van der Waals surface area contributed by atoms with Gasteiger partial charge in [-0.05, 0) is 44.0 Å². The Bertz CT molecular complexity index is 914. The molecule has 1 aliphatic carbocycles. The summed E-state index contributed by atoms with van der Waals surface area (Å²) in [6, 6.07) is 10.2. The standard InChI is InChI=1S/C18H16ClN3O3/c1-10(18-21-16(22-25-18)11-6-7-11)20-17(23)15-9-8-14(24-15)12-4-2-3-5-13(12)19/h2-5,8-11H,6-7H2,1H3,(H,20,23)/t10-/m0/s1. The first-order chi connectivity index (χ1) is 12.1. The minimum absolute atomic E-state index is 0.198. The van der Waals surface area contributed by atoms with E-state index in [-0.39, 0.29) is 11.7 Å². The molecule has 0 spiro atoms. The van der Waals surface area contributed by atoms with Gasteiger partial charge in [0.1, 0.15) is 11.8 Å². The summed E-state index contributed by atoms with van der Waals surface area (Å²) in [5.41, 5.74) is 0.738. The van der Waals surface area contributed by atoms with E-state index < -0.39 is 6.04 Å².